The summed E-state index contributed by atoms with van der Waals surface area (Å²) in [5.41, 5.74) is 0.590. The first kappa shape index (κ1) is 16.8. The number of benzene rings is 1. The maximum absolute atomic E-state index is 12.8. The number of fused-ring (bicyclic) bond motifs is 1. The van der Waals surface area contributed by atoms with Crippen molar-refractivity contribution in [2.75, 3.05) is 11.2 Å². The molecular formula is C18H18ClNO4. The lowest BCUT2D eigenvalue weighted by Gasteiger charge is -2.22. The van der Waals surface area contributed by atoms with Crippen molar-refractivity contribution in [2.45, 2.75) is 32.1 Å². The van der Waals surface area contributed by atoms with Gasteiger partial charge in [-0.2, -0.15) is 0 Å². The Morgan fingerprint density at radius 2 is 1.79 bits per heavy atom. The third-order valence-corrected chi connectivity index (χ3v) is 5.03. The van der Waals surface area contributed by atoms with Gasteiger partial charge in [-0.3, -0.25) is 19.2 Å². The minimum absolute atomic E-state index is 0.134. The quantitative estimate of drug-likeness (QED) is 0.670. The number of hydrogen-bond acceptors (Lipinski definition) is 4. The van der Waals surface area contributed by atoms with E-state index in [9.17, 15) is 19.2 Å². The highest BCUT2D eigenvalue weighted by molar-refractivity contribution is 6.37. The van der Waals surface area contributed by atoms with Crippen LogP contribution in [0.25, 0.3) is 0 Å². The molecule has 1 aromatic carbocycles. The van der Waals surface area contributed by atoms with Crippen LogP contribution < -0.4 is 5.32 Å². The minimum Gasteiger partial charge on any atom is -0.324 e. The molecule has 5 nitrogen and oxygen atoms in total. The molecule has 1 fully saturated rings. The SMILES string of the molecule is O=C(CCl)Nc1cccc2c1C(=O)C(C(=O)C1CCCCC1)C2=O. The molecule has 1 aromatic rings. The van der Waals surface area contributed by atoms with Crippen molar-refractivity contribution in [1.29, 1.82) is 0 Å². The summed E-state index contributed by atoms with van der Waals surface area (Å²) in [5.74, 6) is -3.41. The Hall–Kier alpha value is -2.01. The minimum atomic E-state index is -1.25. The fraction of sp³-hybridized carbons (Fsp3) is 0.444. The largest absolute Gasteiger partial charge is 0.324 e. The van der Waals surface area contributed by atoms with E-state index >= 15 is 0 Å². The van der Waals surface area contributed by atoms with Crippen molar-refractivity contribution in [1.82, 2.24) is 0 Å². The van der Waals surface area contributed by atoms with E-state index < -0.39 is 23.4 Å². The third-order valence-electron chi connectivity index (χ3n) is 4.79. The van der Waals surface area contributed by atoms with Gasteiger partial charge in [0.25, 0.3) is 0 Å². The highest BCUT2D eigenvalue weighted by atomic mass is 35.5. The van der Waals surface area contributed by atoms with Crippen LogP contribution in [0.4, 0.5) is 5.69 Å². The van der Waals surface area contributed by atoms with Gasteiger partial charge in [-0.15, -0.1) is 11.6 Å². The molecular weight excluding hydrogens is 330 g/mol. The zero-order chi connectivity index (χ0) is 17.3. The Balaban J connectivity index is 1.92. The van der Waals surface area contributed by atoms with Crippen LogP contribution in [0.3, 0.4) is 0 Å². The van der Waals surface area contributed by atoms with Crippen LogP contribution in [0.1, 0.15) is 52.8 Å². The molecule has 24 heavy (non-hydrogen) atoms. The monoisotopic (exact) mass is 347 g/mol. The third kappa shape index (κ3) is 2.88. The van der Waals surface area contributed by atoms with E-state index in [2.05, 4.69) is 5.32 Å². The smallest absolute Gasteiger partial charge is 0.239 e. The fourth-order valence-corrected chi connectivity index (χ4v) is 3.68. The summed E-state index contributed by atoms with van der Waals surface area (Å²) in [6.45, 7) is 0. The maximum Gasteiger partial charge on any atom is 0.239 e. The van der Waals surface area contributed by atoms with Gasteiger partial charge in [0.15, 0.2) is 17.3 Å². The summed E-state index contributed by atoms with van der Waals surface area (Å²) in [4.78, 5) is 49.6. The Kier molecular flexibility index (Phi) is 4.81. The number of anilines is 1. The number of carbonyl (C=O) groups excluding carboxylic acids is 4. The number of alkyl halides is 1. The van der Waals surface area contributed by atoms with E-state index in [1.165, 1.54) is 6.07 Å². The van der Waals surface area contributed by atoms with Crippen LogP contribution in [0.15, 0.2) is 18.2 Å². The van der Waals surface area contributed by atoms with Crippen LogP contribution in [-0.2, 0) is 9.59 Å². The predicted octanol–water partition coefficient (Wildman–Crippen LogP) is 3.01. The van der Waals surface area contributed by atoms with Crippen LogP contribution >= 0.6 is 11.6 Å². The lowest BCUT2D eigenvalue weighted by molar-refractivity contribution is -0.125. The van der Waals surface area contributed by atoms with Gasteiger partial charge in [0.1, 0.15) is 11.8 Å². The number of Topliss-reactive ketones (excluding diaryl/α,β-unsaturated/α-hetero) is 3. The fourth-order valence-electron chi connectivity index (χ4n) is 3.61. The average Bonchev–Trinajstić information content (AvgIpc) is 2.87. The number of halogens is 1. The zero-order valence-corrected chi connectivity index (χ0v) is 13.9. The Bertz CT molecular complexity index is 722. The van der Waals surface area contributed by atoms with Crippen molar-refractivity contribution in [2.24, 2.45) is 11.8 Å². The highest BCUT2D eigenvalue weighted by Crippen LogP contribution is 2.36. The molecule has 0 spiro atoms. The summed E-state index contributed by atoms with van der Waals surface area (Å²) in [7, 11) is 0. The Labute approximate surface area is 144 Å². The Morgan fingerprint density at radius 1 is 1.08 bits per heavy atom. The summed E-state index contributed by atoms with van der Waals surface area (Å²) in [6, 6.07) is 4.66. The van der Waals surface area contributed by atoms with Crippen LogP contribution in [0.2, 0.25) is 0 Å². The number of hydrogen-bond donors (Lipinski definition) is 1. The molecule has 126 valence electrons. The van der Waals surface area contributed by atoms with Crippen molar-refractivity contribution in [3.05, 3.63) is 29.3 Å². The lowest BCUT2D eigenvalue weighted by Crippen LogP contribution is -2.32. The molecule has 1 unspecified atom stereocenters. The van der Waals surface area contributed by atoms with Gasteiger partial charge >= 0.3 is 0 Å². The van der Waals surface area contributed by atoms with E-state index in [0.717, 1.165) is 32.1 Å². The molecule has 0 radical (unpaired) electrons. The zero-order valence-electron chi connectivity index (χ0n) is 13.1. The van der Waals surface area contributed by atoms with Crippen LogP contribution in [0.5, 0.6) is 0 Å². The second kappa shape index (κ2) is 6.85. The lowest BCUT2D eigenvalue weighted by atomic mass is 9.80. The molecule has 0 heterocycles. The molecule has 0 saturated heterocycles. The number of nitrogens with one attached hydrogen (secondary N) is 1. The molecule has 0 aromatic heterocycles. The van der Waals surface area contributed by atoms with E-state index in [1.54, 1.807) is 12.1 Å². The molecule has 2 aliphatic carbocycles. The second-order valence-electron chi connectivity index (χ2n) is 6.31. The van der Waals surface area contributed by atoms with Gasteiger partial charge in [-0.25, -0.2) is 0 Å². The number of amides is 1. The summed E-state index contributed by atoms with van der Waals surface area (Å²) < 4.78 is 0. The van der Waals surface area contributed by atoms with Crippen LogP contribution in [-0.4, -0.2) is 29.1 Å². The highest BCUT2D eigenvalue weighted by Gasteiger charge is 2.46. The molecule has 0 bridgehead atoms. The number of ketones is 3. The summed E-state index contributed by atoms with van der Waals surface area (Å²) >= 11 is 5.48. The molecule has 1 N–H and O–H groups in total. The van der Waals surface area contributed by atoms with Gasteiger partial charge in [0.05, 0.1) is 11.3 Å². The summed E-state index contributed by atoms with van der Waals surface area (Å²) in [5, 5.41) is 2.53. The molecule has 1 amide bonds. The van der Waals surface area contributed by atoms with Crippen LogP contribution in [0, 0.1) is 11.8 Å². The molecule has 2 aliphatic rings. The molecule has 6 heteroatoms. The first-order chi connectivity index (χ1) is 11.5. The van der Waals surface area contributed by atoms with Crippen molar-refractivity contribution >= 4 is 40.5 Å². The maximum atomic E-state index is 12.8. The summed E-state index contributed by atoms with van der Waals surface area (Å²) in [6.07, 6.45) is 4.47. The van der Waals surface area contributed by atoms with Gasteiger partial charge in [0.2, 0.25) is 5.91 Å². The predicted molar refractivity (Wildman–Crippen MR) is 89.5 cm³/mol. The molecule has 1 saturated carbocycles. The van der Waals surface area contributed by atoms with E-state index in [1.807, 2.05) is 0 Å². The average molecular weight is 348 g/mol. The second-order valence-corrected chi connectivity index (χ2v) is 6.58. The van der Waals surface area contributed by atoms with Gasteiger partial charge in [-0.05, 0) is 18.9 Å². The van der Waals surface area contributed by atoms with Gasteiger partial charge < -0.3 is 5.32 Å². The normalized spacial score (nSPS) is 20.8. The Morgan fingerprint density at radius 3 is 2.46 bits per heavy atom. The van der Waals surface area contributed by atoms with E-state index in [-0.39, 0.29) is 34.4 Å². The molecule has 3 rings (SSSR count). The van der Waals surface area contributed by atoms with Crippen molar-refractivity contribution in [3.8, 4) is 0 Å². The molecule has 0 aliphatic heterocycles. The van der Waals surface area contributed by atoms with E-state index in [0.29, 0.717) is 0 Å². The number of rotatable bonds is 4. The number of carbonyl (C=O) groups is 4. The van der Waals surface area contributed by atoms with Gasteiger partial charge in [-0.1, -0.05) is 31.4 Å². The first-order valence-corrected chi connectivity index (χ1v) is 8.69. The van der Waals surface area contributed by atoms with E-state index in [4.69, 9.17) is 11.6 Å². The van der Waals surface area contributed by atoms with Gasteiger partial charge in [0, 0.05) is 11.5 Å². The molecule has 1 atom stereocenters. The topological polar surface area (TPSA) is 80.3 Å². The first-order valence-electron chi connectivity index (χ1n) is 8.15. The van der Waals surface area contributed by atoms with Crippen molar-refractivity contribution in [3.63, 3.8) is 0 Å². The van der Waals surface area contributed by atoms with Crippen molar-refractivity contribution < 1.29 is 19.2 Å². The standard InChI is InChI=1S/C18H18ClNO4/c19-9-13(21)20-12-8-4-7-11-14(12)18(24)15(17(11)23)16(22)10-5-2-1-3-6-10/h4,7-8,10,15H,1-3,5-6,9H2,(H,20,21).